The number of allylic oxidation sites excluding steroid dienone is 4. The highest BCUT2D eigenvalue weighted by Crippen LogP contribution is 2.36. The number of benzene rings is 3. The molecule has 0 aliphatic heterocycles. The van der Waals surface area contributed by atoms with Gasteiger partial charge in [0.15, 0.2) is 5.84 Å². The second kappa shape index (κ2) is 8.07. The maximum Gasteiger partial charge on any atom is 0.154 e. The summed E-state index contributed by atoms with van der Waals surface area (Å²) in [7, 11) is 1.85. The van der Waals surface area contributed by atoms with Crippen LogP contribution in [0, 0.1) is 5.41 Å². The van der Waals surface area contributed by atoms with Gasteiger partial charge in [0.2, 0.25) is 0 Å². The van der Waals surface area contributed by atoms with Crippen LogP contribution < -0.4 is 5.32 Å². The van der Waals surface area contributed by atoms with Crippen molar-refractivity contribution in [2.45, 2.75) is 12.8 Å². The van der Waals surface area contributed by atoms with E-state index in [0.29, 0.717) is 5.84 Å². The van der Waals surface area contributed by atoms with Gasteiger partial charge >= 0.3 is 0 Å². The van der Waals surface area contributed by atoms with E-state index < -0.39 is 0 Å². The lowest BCUT2D eigenvalue weighted by Gasteiger charge is -2.16. The molecule has 4 nitrogen and oxygen atoms in total. The van der Waals surface area contributed by atoms with Crippen molar-refractivity contribution in [2.24, 2.45) is 4.99 Å². The van der Waals surface area contributed by atoms with E-state index in [1.807, 2.05) is 61.6 Å². The van der Waals surface area contributed by atoms with Crippen molar-refractivity contribution in [3.63, 3.8) is 0 Å². The summed E-state index contributed by atoms with van der Waals surface area (Å²) in [6.07, 6.45) is 8.72. The van der Waals surface area contributed by atoms with E-state index in [1.165, 1.54) is 5.57 Å². The Balaban J connectivity index is 1.80. The average molecular weight is 406 g/mol. The molecule has 0 saturated heterocycles. The molecule has 0 fully saturated rings. The fourth-order valence-electron chi connectivity index (χ4n) is 4.13. The van der Waals surface area contributed by atoms with Crippen LogP contribution in [0.3, 0.4) is 0 Å². The minimum absolute atomic E-state index is 0.217. The van der Waals surface area contributed by atoms with Gasteiger partial charge in [0.1, 0.15) is 17.0 Å². The summed E-state index contributed by atoms with van der Waals surface area (Å²) in [4.78, 5) is 4.72. The molecule has 4 heteroatoms. The Hall–Kier alpha value is -3.92. The smallest absolute Gasteiger partial charge is 0.154 e. The van der Waals surface area contributed by atoms with Crippen LogP contribution in [0.4, 0.5) is 0 Å². The third-order valence-corrected chi connectivity index (χ3v) is 5.59. The number of fused-ring (bicyclic) bond motifs is 3. The number of para-hydroxylation sites is 1. The van der Waals surface area contributed by atoms with E-state index in [0.717, 1.165) is 51.5 Å². The zero-order valence-electron chi connectivity index (χ0n) is 17.4. The highest BCUT2D eigenvalue weighted by atomic mass is 16.3. The van der Waals surface area contributed by atoms with Gasteiger partial charge in [-0.15, -0.1) is 0 Å². The third-order valence-electron chi connectivity index (χ3n) is 5.59. The maximum absolute atomic E-state index is 8.58. The maximum atomic E-state index is 8.58. The van der Waals surface area contributed by atoms with Gasteiger partial charge in [-0.3, -0.25) is 5.41 Å². The summed E-state index contributed by atoms with van der Waals surface area (Å²) in [6, 6.07) is 21.8. The van der Waals surface area contributed by atoms with Crippen molar-refractivity contribution in [3.8, 4) is 0 Å². The second-order valence-corrected chi connectivity index (χ2v) is 7.52. The van der Waals surface area contributed by atoms with Crippen LogP contribution in [0.5, 0.6) is 0 Å². The molecule has 2 N–H and O–H groups in total. The standard InChI is InChI=1S/C27H23N3O/c1-29-27(30-26(28)19-12-6-3-7-13-19)25-20(18-10-4-2-5-11-18)16-17-23-24(25)21-14-8-9-15-22(21)31-23/h3-4,6-17H,2,5H2,1H3,(H2,28,29,30). The largest absolute Gasteiger partial charge is 0.456 e. The predicted molar refractivity (Wildman–Crippen MR) is 129 cm³/mol. The molecule has 0 bridgehead atoms. The molecule has 1 aromatic heterocycles. The zero-order chi connectivity index (χ0) is 21.2. The van der Waals surface area contributed by atoms with Gasteiger partial charge in [0, 0.05) is 28.9 Å². The molecule has 0 spiro atoms. The SMILES string of the molecule is CN/C(=N\C(=N)c1ccccc1)c1c(C2=CCCC=C2)ccc2oc3ccccc3c12. The Bertz CT molecular complexity index is 1370. The van der Waals surface area contributed by atoms with Gasteiger partial charge in [0.25, 0.3) is 0 Å². The van der Waals surface area contributed by atoms with E-state index >= 15 is 0 Å². The number of nitrogens with zero attached hydrogens (tertiary/aromatic N) is 1. The Morgan fingerprint density at radius 2 is 1.74 bits per heavy atom. The summed E-state index contributed by atoms with van der Waals surface area (Å²) in [6.45, 7) is 0. The molecule has 0 atom stereocenters. The van der Waals surface area contributed by atoms with Crippen LogP contribution in [0.15, 0.2) is 94.4 Å². The molecule has 0 saturated carbocycles. The first kappa shape index (κ1) is 19.1. The van der Waals surface area contributed by atoms with Gasteiger partial charge in [-0.2, -0.15) is 0 Å². The van der Waals surface area contributed by atoms with E-state index in [-0.39, 0.29) is 5.84 Å². The molecule has 152 valence electrons. The van der Waals surface area contributed by atoms with E-state index in [4.69, 9.17) is 14.8 Å². The molecule has 1 aliphatic rings. The molecule has 1 heterocycles. The molecular weight excluding hydrogens is 382 g/mol. The van der Waals surface area contributed by atoms with Crippen LogP contribution >= 0.6 is 0 Å². The molecule has 0 unspecified atom stereocenters. The van der Waals surface area contributed by atoms with Crippen LogP contribution in [0.1, 0.15) is 29.5 Å². The zero-order valence-corrected chi connectivity index (χ0v) is 17.4. The predicted octanol–water partition coefficient (Wildman–Crippen LogP) is 6.31. The van der Waals surface area contributed by atoms with Crippen molar-refractivity contribution in [1.29, 1.82) is 5.41 Å². The third kappa shape index (κ3) is 3.46. The number of hydrogen-bond acceptors (Lipinski definition) is 2. The number of nitrogens with one attached hydrogen (secondary N) is 2. The van der Waals surface area contributed by atoms with Crippen molar-refractivity contribution < 1.29 is 4.42 Å². The summed E-state index contributed by atoms with van der Waals surface area (Å²) >= 11 is 0. The second-order valence-electron chi connectivity index (χ2n) is 7.52. The summed E-state index contributed by atoms with van der Waals surface area (Å²) in [5.41, 5.74) is 5.65. The lowest BCUT2D eigenvalue weighted by atomic mass is 9.91. The number of rotatable bonds is 3. The van der Waals surface area contributed by atoms with Gasteiger partial charge < -0.3 is 9.73 Å². The molecule has 4 aromatic rings. The number of aliphatic imine (C=N–C) groups is 1. The van der Waals surface area contributed by atoms with E-state index in [9.17, 15) is 0 Å². The van der Waals surface area contributed by atoms with Crippen LogP contribution in [-0.4, -0.2) is 18.7 Å². The Labute approximate surface area is 181 Å². The summed E-state index contributed by atoms with van der Waals surface area (Å²) in [5.74, 6) is 0.870. The van der Waals surface area contributed by atoms with Gasteiger partial charge in [0.05, 0.1) is 0 Å². The molecule has 3 aromatic carbocycles. The van der Waals surface area contributed by atoms with Crippen LogP contribution in [-0.2, 0) is 0 Å². The van der Waals surface area contributed by atoms with Crippen LogP contribution in [0.2, 0.25) is 0 Å². The first-order valence-electron chi connectivity index (χ1n) is 10.5. The average Bonchev–Trinajstić information content (AvgIpc) is 3.22. The molecule has 0 radical (unpaired) electrons. The highest BCUT2D eigenvalue weighted by molar-refractivity contribution is 6.22. The number of hydrogen-bond donors (Lipinski definition) is 2. The number of furan rings is 1. The molecule has 31 heavy (non-hydrogen) atoms. The fourth-order valence-corrected chi connectivity index (χ4v) is 4.13. The normalized spacial score (nSPS) is 14.1. The Kier molecular flexibility index (Phi) is 4.97. The minimum atomic E-state index is 0.217. The molecule has 5 rings (SSSR count). The van der Waals surface area contributed by atoms with Crippen LogP contribution in [0.25, 0.3) is 27.5 Å². The topological polar surface area (TPSA) is 61.4 Å². The quantitative estimate of drug-likeness (QED) is 0.310. The molecule has 0 amide bonds. The first-order chi connectivity index (χ1) is 15.3. The Morgan fingerprint density at radius 3 is 2.52 bits per heavy atom. The van der Waals surface area contributed by atoms with E-state index in [2.05, 4.69) is 35.7 Å². The summed E-state index contributed by atoms with van der Waals surface area (Å²) < 4.78 is 6.15. The highest BCUT2D eigenvalue weighted by Gasteiger charge is 2.20. The van der Waals surface area contributed by atoms with Gasteiger partial charge in [-0.25, -0.2) is 4.99 Å². The van der Waals surface area contributed by atoms with Crippen molar-refractivity contribution in [3.05, 3.63) is 102 Å². The monoisotopic (exact) mass is 405 g/mol. The fraction of sp³-hybridized carbons (Fsp3) is 0.111. The summed E-state index contributed by atoms with van der Waals surface area (Å²) in [5, 5.41) is 13.9. The molecule has 1 aliphatic carbocycles. The van der Waals surface area contributed by atoms with Gasteiger partial charge in [-0.1, -0.05) is 66.8 Å². The van der Waals surface area contributed by atoms with Gasteiger partial charge in [-0.05, 0) is 42.2 Å². The Morgan fingerprint density at radius 1 is 0.935 bits per heavy atom. The lowest BCUT2D eigenvalue weighted by Crippen LogP contribution is -2.23. The van der Waals surface area contributed by atoms with E-state index in [1.54, 1.807) is 0 Å². The number of amidine groups is 2. The van der Waals surface area contributed by atoms with Crippen molar-refractivity contribution >= 4 is 39.2 Å². The van der Waals surface area contributed by atoms with Crippen molar-refractivity contribution in [1.82, 2.24) is 5.32 Å². The first-order valence-corrected chi connectivity index (χ1v) is 10.5. The minimum Gasteiger partial charge on any atom is -0.456 e. The molecular formula is C27H23N3O. The van der Waals surface area contributed by atoms with Crippen molar-refractivity contribution in [2.75, 3.05) is 7.05 Å². The lowest BCUT2D eigenvalue weighted by molar-refractivity contribution is 0.669.